The maximum Gasteiger partial charge on any atom is 0.472 e. The molecular weight excluding hydrogens is 858 g/mol. The predicted molar refractivity (Wildman–Crippen MR) is 284 cm³/mol. The maximum absolute atomic E-state index is 12.7. The van der Waals surface area contributed by atoms with Gasteiger partial charge >= 0.3 is 19.8 Å². The fraction of sp³-hybridized carbons (Fsp3) is 0.895. The second-order valence-corrected chi connectivity index (χ2v) is 21.0. The van der Waals surface area contributed by atoms with Gasteiger partial charge in [0.25, 0.3) is 0 Å². The molecule has 9 nitrogen and oxygen atoms in total. The first-order chi connectivity index (χ1) is 32.8. The zero-order valence-electron chi connectivity index (χ0n) is 44.2. The molecule has 0 bridgehead atoms. The first-order valence-electron chi connectivity index (χ1n) is 28.8. The smallest absolute Gasteiger partial charge is 0.462 e. The third kappa shape index (κ3) is 53.7. The molecule has 2 atom stereocenters. The molecule has 0 saturated heterocycles. The van der Waals surface area contributed by atoms with Crippen molar-refractivity contribution in [1.82, 2.24) is 0 Å². The van der Waals surface area contributed by atoms with E-state index in [9.17, 15) is 19.0 Å². The molecule has 0 amide bonds. The lowest BCUT2D eigenvalue weighted by molar-refractivity contribution is -0.161. The van der Waals surface area contributed by atoms with Gasteiger partial charge in [-0.25, -0.2) is 4.57 Å². The average molecular weight is 968 g/mol. The number of carbonyl (C=O) groups is 2. The standard InChI is InChI=1S/C57H110NO8P/c1-3-5-7-9-11-13-15-17-19-21-22-23-24-25-26-27-28-29-30-31-32-34-36-38-40-42-44-46-48-50-57(60)66-55(54-65-67(61,62)64-52-51-58)53-63-56(59)49-47-45-43-41-39-37-35-33-20-18-16-14-12-10-8-6-4-2/h18,20-22,55H,3-17,19,23-54,58H2,1-2H3,(H,61,62)/b20-18-,22-21-. The van der Waals surface area contributed by atoms with Gasteiger partial charge in [0, 0.05) is 19.4 Å². The fourth-order valence-corrected chi connectivity index (χ4v) is 9.28. The van der Waals surface area contributed by atoms with E-state index in [1.165, 1.54) is 225 Å². The number of rotatable bonds is 55. The van der Waals surface area contributed by atoms with Crippen LogP contribution in [0.25, 0.3) is 0 Å². The molecule has 0 aliphatic rings. The van der Waals surface area contributed by atoms with Crippen LogP contribution in [0.15, 0.2) is 24.3 Å². The predicted octanol–water partition coefficient (Wildman–Crippen LogP) is 17.9. The number of allylic oxidation sites excluding steroid dienone is 4. The topological polar surface area (TPSA) is 134 Å². The summed E-state index contributed by atoms with van der Waals surface area (Å²) in [5.74, 6) is -0.818. The molecule has 3 N–H and O–H groups in total. The van der Waals surface area contributed by atoms with Crippen molar-refractivity contribution >= 4 is 19.8 Å². The molecule has 0 radical (unpaired) electrons. The first-order valence-corrected chi connectivity index (χ1v) is 30.3. The van der Waals surface area contributed by atoms with Crippen molar-refractivity contribution in [2.45, 2.75) is 302 Å². The molecule has 0 saturated carbocycles. The van der Waals surface area contributed by atoms with Gasteiger partial charge in [0.1, 0.15) is 6.61 Å². The molecule has 396 valence electrons. The highest BCUT2D eigenvalue weighted by Crippen LogP contribution is 2.43. The normalized spacial score (nSPS) is 13.2. The number of esters is 2. The van der Waals surface area contributed by atoms with Gasteiger partial charge in [0.15, 0.2) is 6.10 Å². The quantitative estimate of drug-likeness (QED) is 0.0264. The van der Waals surface area contributed by atoms with Crippen LogP contribution in [0.3, 0.4) is 0 Å². The second-order valence-electron chi connectivity index (χ2n) is 19.5. The van der Waals surface area contributed by atoms with Gasteiger partial charge in [0.2, 0.25) is 0 Å². The van der Waals surface area contributed by atoms with E-state index in [4.69, 9.17) is 24.3 Å². The van der Waals surface area contributed by atoms with Crippen molar-refractivity contribution in [3.63, 3.8) is 0 Å². The average Bonchev–Trinajstić information content (AvgIpc) is 3.32. The molecule has 0 rings (SSSR count). The Morgan fingerprint density at radius 2 is 0.731 bits per heavy atom. The summed E-state index contributed by atoms with van der Waals surface area (Å²) in [5.41, 5.74) is 5.38. The molecule has 10 heteroatoms. The van der Waals surface area contributed by atoms with E-state index in [2.05, 4.69) is 38.2 Å². The van der Waals surface area contributed by atoms with E-state index in [1.54, 1.807) is 0 Å². The van der Waals surface area contributed by atoms with Crippen LogP contribution in [0.2, 0.25) is 0 Å². The summed E-state index contributed by atoms with van der Waals surface area (Å²) in [5, 5.41) is 0. The van der Waals surface area contributed by atoms with E-state index in [1.807, 2.05) is 0 Å². The lowest BCUT2D eigenvalue weighted by Gasteiger charge is -2.19. The number of nitrogens with two attached hydrogens (primary N) is 1. The molecule has 0 aromatic carbocycles. The Balaban J connectivity index is 3.90. The molecule has 0 fully saturated rings. The molecule has 0 aromatic heterocycles. The van der Waals surface area contributed by atoms with Crippen LogP contribution in [-0.2, 0) is 32.7 Å². The largest absolute Gasteiger partial charge is 0.472 e. The Morgan fingerprint density at radius 1 is 0.433 bits per heavy atom. The highest BCUT2D eigenvalue weighted by atomic mass is 31.2. The van der Waals surface area contributed by atoms with Crippen LogP contribution < -0.4 is 5.73 Å². The van der Waals surface area contributed by atoms with Gasteiger partial charge in [-0.15, -0.1) is 0 Å². The molecule has 0 heterocycles. The van der Waals surface area contributed by atoms with Crippen LogP contribution in [-0.4, -0.2) is 49.3 Å². The lowest BCUT2D eigenvalue weighted by atomic mass is 10.0. The number of unbranched alkanes of at least 4 members (excludes halogenated alkanes) is 38. The van der Waals surface area contributed by atoms with Gasteiger partial charge in [-0.05, 0) is 64.2 Å². The summed E-state index contributed by atoms with van der Waals surface area (Å²) in [6, 6.07) is 0. The summed E-state index contributed by atoms with van der Waals surface area (Å²) >= 11 is 0. The monoisotopic (exact) mass is 968 g/mol. The van der Waals surface area contributed by atoms with Crippen LogP contribution in [0.4, 0.5) is 0 Å². The van der Waals surface area contributed by atoms with Gasteiger partial charge < -0.3 is 20.1 Å². The summed E-state index contributed by atoms with van der Waals surface area (Å²) < 4.78 is 33.0. The Kier molecular flexibility index (Phi) is 52.6. The molecule has 0 aliphatic carbocycles. The first kappa shape index (κ1) is 65.5. The molecular formula is C57H110NO8P. The number of phosphoric ester groups is 1. The number of carbonyl (C=O) groups excluding carboxylic acids is 2. The minimum Gasteiger partial charge on any atom is -0.462 e. The zero-order valence-corrected chi connectivity index (χ0v) is 45.1. The number of hydrogen-bond donors (Lipinski definition) is 2. The molecule has 2 unspecified atom stereocenters. The van der Waals surface area contributed by atoms with E-state index < -0.39 is 26.5 Å². The van der Waals surface area contributed by atoms with Crippen molar-refractivity contribution in [2.24, 2.45) is 5.73 Å². The maximum atomic E-state index is 12.7. The van der Waals surface area contributed by atoms with Crippen LogP contribution in [0, 0.1) is 0 Å². The fourth-order valence-electron chi connectivity index (χ4n) is 8.51. The number of hydrogen-bond acceptors (Lipinski definition) is 8. The highest BCUT2D eigenvalue weighted by molar-refractivity contribution is 7.47. The van der Waals surface area contributed by atoms with E-state index in [0.717, 1.165) is 38.5 Å². The van der Waals surface area contributed by atoms with Crippen LogP contribution in [0.1, 0.15) is 296 Å². The molecule has 0 aliphatic heterocycles. The third-order valence-electron chi connectivity index (χ3n) is 12.8. The Bertz CT molecular complexity index is 1150. The highest BCUT2D eigenvalue weighted by Gasteiger charge is 2.26. The van der Waals surface area contributed by atoms with Crippen LogP contribution in [0.5, 0.6) is 0 Å². The Labute approximate surface area is 414 Å². The minimum atomic E-state index is -4.38. The summed E-state index contributed by atoms with van der Waals surface area (Å²) in [7, 11) is -4.38. The van der Waals surface area contributed by atoms with Crippen LogP contribution >= 0.6 is 7.82 Å². The van der Waals surface area contributed by atoms with Crippen molar-refractivity contribution in [2.75, 3.05) is 26.4 Å². The van der Waals surface area contributed by atoms with Crippen molar-refractivity contribution < 1.29 is 37.6 Å². The summed E-state index contributed by atoms with van der Waals surface area (Å²) in [6.07, 6.45) is 62.4. The van der Waals surface area contributed by atoms with Crippen molar-refractivity contribution in [3.8, 4) is 0 Å². The number of ether oxygens (including phenoxy) is 2. The molecule has 67 heavy (non-hydrogen) atoms. The van der Waals surface area contributed by atoms with E-state index in [0.29, 0.717) is 6.42 Å². The molecule has 0 aromatic rings. The zero-order chi connectivity index (χ0) is 48.8. The Morgan fingerprint density at radius 3 is 1.06 bits per heavy atom. The van der Waals surface area contributed by atoms with Crippen molar-refractivity contribution in [3.05, 3.63) is 24.3 Å². The van der Waals surface area contributed by atoms with Gasteiger partial charge in [-0.3, -0.25) is 18.6 Å². The number of phosphoric acid groups is 1. The van der Waals surface area contributed by atoms with Crippen molar-refractivity contribution in [1.29, 1.82) is 0 Å². The SMILES string of the molecule is CCCCCCCC/C=C\CCCCCCCCCC(=O)OCC(COP(=O)(O)OCCN)OC(=O)CCCCCCCCCCCCCCCCCCC/C=C\CCCCCCCCCC. The summed E-state index contributed by atoms with van der Waals surface area (Å²) in [4.78, 5) is 35.1. The van der Waals surface area contributed by atoms with E-state index >= 15 is 0 Å². The molecule has 0 spiro atoms. The van der Waals surface area contributed by atoms with E-state index in [-0.39, 0.29) is 38.6 Å². The summed E-state index contributed by atoms with van der Waals surface area (Å²) in [6.45, 7) is 3.78. The van der Waals surface area contributed by atoms with Gasteiger partial charge in [-0.1, -0.05) is 244 Å². The third-order valence-corrected chi connectivity index (χ3v) is 13.8. The lowest BCUT2D eigenvalue weighted by Crippen LogP contribution is -2.29. The van der Waals surface area contributed by atoms with Gasteiger partial charge in [0.05, 0.1) is 13.2 Å². The minimum absolute atomic E-state index is 0.0550. The second kappa shape index (κ2) is 53.8. The van der Waals surface area contributed by atoms with Gasteiger partial charge in [-0.2, -0.15) is 0 Å². The Hall–Kier alpha value is -1.51.